The van der Waals surface area contributed by atoms with E-state index in [2.05, 4.69) is 21.7 Å². The number of anilines is 4. The number of carbonyl (C=O) groups is 1. The number of hydrogen-bond acceptors (Lipinski definition) is 6. The van der Waals surface area contributed by atoms with Crippen LogP contribution in [-0.4, -0.2) is 10.9 Å². The fraction of sp³-hybridized carbons (Fsp3) is 0.0357. The predicted octanol–water partition coefficient (Wildman–Crippen LogP) is 6.72. The van der Waals surface area contributed by atoms with Crippen molar-refractivity contribution in [1.82, 2.24) is 4.98 Å². The number of para-hydroxylation sites is 2. The van der Waals surface area contributed by atoms with Crippen LogP contribution in [0.2, 0.25) is 0 Å². The molecule has 0 radical (unpaired) electrons. The molecule has 4 N–H and O–H groups in total. The molecule has 0 aliphatic rings. The average molecular weight is 476 g/mol. The van der Waals surface area contributed by atoms with E-state index in [4.69, 9.17) is 5.73 Å². The highest BCUT2D eigenvalue weighted by molar-refractivity contribution is 7.24. The summed E-state index contributed by atoms with van der Waals surface area (Å²) in [5, 5.41) is 16.9. The molecule has 0 saturated heterocycles. The number of aromatic nitrogens is 1. The van der Waals surface area contributed by atoms with Crippen LogP contribution in [0, 0.1) is 18.3 Å². The highest BCUT2D eigenvalue weighted by atomic mass is 32.1. The third kappa shape index (κ3) is 4.19. The number of benzene rings is 3. The first kappa shape index (κ1) is 22.1. The number of rotatable bonds is 5. The molecule has 0 spiro atoms. The van der Waals surface area contributed by atoms with E-state index in [0.29, 0.717) is 32.9 Å². The summed E-state index contributed by atoms with van der Waals surface area (Å²) in [4.78, 5) is 18.2. The summed E-state index contributed by atoms with van der Waals surface area (Å²) in [5.74, 6) is -0.220. The predicted molar refractivity (Wildman–Crippen MR) is 143 cm³/mol. The lowest BCUT2D eigenvalue weighted by Gasteiger charge is -2.11. The van der Waals surface area contributed by atoms with Gasteiger partial charge in [0.1, 0.15) is 28.0 Å². The van der Waals surface area contributed by atoms with E-state index >= 15 is 0 Å². The zero-order valence-electron chi connectivity index (χ0n) is 18.9. The standard InChI is InChI=1S/C28H21N5OS/c1-17-10-8-9-15-21(17)32-28-23(27(34)31-19-13-6-3-7-14-19)24-25(35-28)22(18-11-4-2-5-12-18)20(16-29)26(30)33-24/h2-15,32H,1H3,(H2,30,33)(H,31,34). The van der Waals surface area contributed by atoms with Crippen molar-refractivity contribution in [2.75, 3.05) is 16.4 Å². The second kappa shape index (κ2) is 9.29. The molecule has 5 rings (SSSR count). The Labute approximate surface area is 206 Å². The highest BCUT2D eigenvalue weighted by Gasteiger charge is 2.26. The van der Waals surface area contributed by atoms with E-state index in [-0.39, 0.29) is 11.7 Å². The summed E-state index contributed by atoms with van der Waals surface area (Å²) in [6, 6.07) is 28.9. The number of fused-ring (bicyclic) bond motifs is 1. The van der Waals surface area contributed by atoms with Crippen molar-refractivity contribution in [2.45, 2.75) is 6.92 Å². The van der Waals surface area contributed by atoms with E-state index in [1.54, 1.807) is 0 Å². The minimum Gasteiger partial charge on any atom is -0.383 e. The van der Waals surface area contributed by atoms with Gasteiger partial charge in [-0.15, -0.1) is 11.3 Å². The maximum absolute atomic E-state index is 13.6. The molecule has 0 aliphatic heterocycles. The smallest absolute Gasteiger partial charge is 0.260 e. The molecular formula is C28H21N5OS. The van der Waals surface area contributed by atoms with Crippen LogP contribution in [0.5, 0.6) is 0 Å². The molecule has 0 aliphatic carbocycles. The van der Waals surface area contributed by atoms with Gasteiger partial charge in [-0.1, -0.05) is 66.7 Å². The molecule has 0 saturated carbocycles. The molecule has 0 bridgehead atoms. The third-order valence-corrected chi connectivity index (χ3v) is 6.79. The Hall–Kier alpha value is -4.67. The third-order valence-electron chi connectivity index (χ3n) is 5.67. The SMILES string of the molecule is Cc1ccccc1Nc1sc2c(-c3ccccc3)c(C#N)c(N)nc2c1C(=O)Nc1ccccc1. The molecule has 7 heteroatoms. The monoisotopic (exact) mass is 475 g/mol. The lowest BCUT2D eigenvalue weighted by molar-refractivity contribution is 0.102. The molecule has 0 unspecified atom stereocenters. The van der Waals surface area contributed by atoms with E-state index in [1.165, 1.54) is 11.3 Å². The summed E-state index contributed by atoms with van der Waals surface area (Å²) in [7, 11) is 0. The second-order valence-corrected chi connectivity index (χ2v) is 8.99. The number of carbonyl (C=O) groups excluding carboxylic acids is 1. The Balaban J connectivity index is 1.77. The molecule has 1 amide bonds. The quantitative estimate of drug-likeness (QED) is 0.262. The zero-order chi connectivity index (χ0) is 24.4. The Kier molecular flexibility index (Phi) is 5.88. The van der Waals surface area contributed by atoms with Gasteiger partial charge in [-0.2, -0.15) is 5.26 Å². The van der Waals surface area contributed by atoms with Gasteiger partial charge in [-0.05, 0) is 36.2 Å². The number of nitriles is 1. The minimum atomic E-state index is -0.311. The van der Waals surface area contributed by atoms with Crippen LogP contribution < -0.4 is 16.4 Å². The number of hydrogen-bond donors (Lipinski definition) is 3. The number of amides is 1. The summed E-state index contributed by atoms with van der Waals surface area (Å²) in [6.45, 7) is 2.00. The van der Waals surface area contributed by atoms with Crippen LogP contribution in [0.4, 0.5) is 22.2 Å². The van der Waals surface area contributed by atoms with Gasteiger partial charge in [0.15, 0.2) is 0 Å². The summed E-state index contributed by atoms with van der Waals surface area (Å²) in [6.07, 6.45) is 0. The van der Waals surface area contributed by atoms with Crippen molar-refractivity contribution in [1.29, 1.82) is 5.26 Å². The second-order valence-electron chi connectivity index (χ2n) is 7.97. The van der Waals surface area contributed by atoms with Gasteiger partial charge in [-0.3, -0.25) is 4.79 Å². The summed E-state index contributed by atoms with van der Waals surface area (Å²) in [5.41, 5.74) is 11.5. The normalized spacial score (nSPS) is 10.6. The van der Waals surface area contributed by atoms with Crippen molar-refractivity contribution < 1.29 is 4.79 Å². The van der Waals surface area contributed by atoms with Crippen molar-refractivity contribution in [3.63, 3.8) is 0 Å². The first-order chi connectivity index (χ1) is 17.1. The number of pyridine rings is 1. The number of thiophene rings is 1. The van der Waals surface area contributed by atoms with Crippen molar-refractivity contribution >= 4 is 49.7 Å². The Bertz CT molecular complexity index is 1590. The van der Waals surface area contributed by atoms with Gasteiger partial charge >= 0.3 is 0 Å². The molecule has 2 aromatic heterocycles. The number of nitrogens with two attached hydrogens (primary N) is 1. The molecule has 170 valence electrons. The fourth-order valence-corrected chi connectivity index (χ4v) is 5.18. The maximum atomic E-state index is 13.6. The van der Waals surface area contributed by atoms with Gasteiger partial charge in [0.05, 0.1) is 10.2 Å². The van der Waals surface area contributed by atoms with Gasteiger partial charge in [-0.25, -0.2) is 4.98 Å². The van der Waals surface area contributed by atoms with Crippen molar-refractivity contribution in [3.05, 3.63) is 102 Å². The number of nitrogen functional groups attached to an aromatic ring is 1. The summed E-state index contributed by atoms with van der Waals surface area (Å²) >= 11 is 1.38. The molecular weight excluding hydrogens is 454 g/mol. The minimum absolute atomic E-state index is 0.0906. The van der Waals surface area contributed by atoms with Crippen LogP contribution in [-0.2, 0) is 0 Å². The molecule has 35 heavy (non-hydrogen) atoms. The van der Waals surface area contributed by atoms with E-state index < -0.39 is 0 Å². The average Bonchev–Trinajstić information content (AvgIpc) is 3.23. The van der Waals surface area contributed by atoms with E-state index in [9.17, 15) is 10.1 Å². The molecule has 0 atom stereocenters. The van der Waals surface area contributed by atoms with Crippen molar-refractivity contribution in [3.8, 4) is 17.2 Å². The van der Waals surface area contributed by atoms with Crippen LogP contribution >= 0.6 is 11.3 Å². The van der Waals surface area contributed by atoms with E-state index in [1.807, 2.05) is 91.9 Å². The maximum Gasteiger partial charge on any atom is 0.260 e. The lowest BCUT2D eigenvalue weighted by atomic mass is 10.00. The van der Waals surface area contributed by atoms with Crippen LogP contribution in [0.15, 0.2) is 84.9 Å². The number of nitrogens with zero attached hydrogens (tertiary/aromatic N) is 2. The van der Waals surface area contributed by atoms with Crippen LogP contribution in [0.3, 0.4) is 0 Å². The first-order valence-electron chi connectivity index (χ1n) is 11.0. The van der Waals surface area contributed by atoms with Gasteiger partial charge in [0.2, 0.25) is 0 Å². The Morgan fingerprint density at radius 1 is 0.971 bits per heavy atom. The largest absolute Gasteiger partial charge is 0.383 e. The molecule has 6 nitrogen and oxygen atoms in total. The van der Waals surface area contributed by atoms with E-state index in [0.717, 1.165) is 21.5 Å². The van der Waals surface area contributed by atoms with Gasteiger partial charge in [0.25, 0.3) is 5.91 Å². The molecule has 5 aromatic rings. The molecule has 3 aromatic carbocycles. The molecule has 2 heterocycles. The van der Waals surface area contributed by atoms with Crippen LogP contribution in [0.1, 0.15) is 21.5 Å². The fourth-order valence-electron chi connectivity index (χ4n) is 3.96. The number of aryl methyl sites for hydroxylation is 1. The Morgan fingerprint density at radius 2 is 1.63 bits per heavy atom. The first-order valence-corrected chi connectivity index (χ1v) is 11.8. The van der Waals surface area contributed by atoms with Crippen molar-refractivity contribution in [2.24, 2.45) is 0 Å². The van der Waals surface area contributed by atoms with Gasteiger partial charge in [0, 0.05) is 16.9 Å². The summed E-state index contributed by atoms with van der Waals surface area (Å²) < 4.78 is 0.719. The topological polar surface area (TPSA) is 104 Å². The zero-order valence-corrected chi connectivity index (χ0v) is 19.7. The Morgan fingerprint density at radius 3 is 2.31 bits per heavy atom. The lowest BCUT2D eigenvalue weighted by Crippen LogP contribution is -2.13. The molecule has 0 fully saturated rings. The van der Waals surface area contributed by atoms with Crippen LogP contribution in [0.25, 0.3) is 21.3 Å². The highest BCUT2D eigenvalue weighted by Crippen LogP contribution is 2.44. The van der Waals surface area contributed by atoms with Gasteiger partial charge < -0.3 is 16.4 Å². The number of nitrogens with one attached hydrogen (secondary N) is 2.